The maximum atomic E-state index is 10.9. The lowest BCUT2D eigenvalue weighted by molar-refractivity contribution is -0.403. The Balaban J connectivity index is 2.46. The van der Waals surface area contributed by atoms with Gasteiger partial charge in [-0.1, -0.05) is 6.08 Å². The zero-order valence-corrected chi connectivity index (χ0v) is 6.04. The van der Waals surface area contributed by atoms with Crippen LogP contribution < -0.4 is 5.73 Å². The van der Waals surface area contributed by atoms with E-state index < -0.39 is 0 Å². The van der Waals surface area contributed by atoms with Gasteiger partial charge in [0.05, 0.1) is 13.0 Å². The third-order valence-electron chi connectivity index (χ3n) is 1.68. The number of ether oxygens (including phenoxy) is 1. The molecule has 0 fully saturated rings. The molecule has 0 unspecified atom stereocenters. The molecule has 0 aromatic rings. The molecule has 1 rings (SSSR count). The summed E-state index contributed by atoms with van der Waals surface area (Å²) in [5.74, 6) is -0.199. The van der Waals surface area contributed by atoms with Gasteiger partial charge in [0.1, 0.15) is 6.04 Å². The predicted molar refractivity (Wildman–Crippen MR) is 35.9 cm³/mol. The van der Waals surface area contributed by atoms with E-state index in [-0.39, 0.29) is 17.9 Å². The largest absolute Gasteiger partial charge is 0.469 e. The minimum atomic E-state index is -0.151. The molecule has 0 aromatic heterocycles. The van der Waals surface area contributed by atoms with E-state index >= 15 is 0 Å². The lowest BCUT2D eigenvalue weighted by Crippen LogP contribution is -2.59. The molecule has 0 bridgehead atoms. The van der Waals surface area contributed by atoms with Gasteiger partial charge in [0.15, 0.2) is 0 Å². The van der Waals surface area contributed by atoms with Crippen molar-refractivity contribution >= 4 is 5.97 Å². The van der Waals surface area contributed by atoms with Crippen LogP contribution in [0, 0.1) is 5.92 Å². The number of carbonyl (C=O) groups excluding carboxylic acids is 1. The van der Waals surface area contributed by atoms with Crippen molar-refractivity contribution in [1.29, 1.82) is 0 Å². The van der Waals surface area contributed by atoms with Gasteiger partial charge in [0.2, 0.25) is 0 Å². The van der Waals surface area contributed by atoms with Crippen molar-refractivity contribution in [2.75, 3.05) is 7.11 Å². The Labute approximate surface area is 59.8 Å². The second-order valence-electron chi connectivity index (χ2n) is 2.51. The van der Waals surface area contributed by atoms with Gasteiger partial charge < -0.3 is 10.5 Å². The fraction of sp³-hybridized carbons (Fsp3) is 0.571. The zero-order chi connectivity index (χ0) is 7.56. The topological polar surface area (TPSA) is 53.9 Å². The smallest absolute Gasteiger partial charge is 0.312 e. The van der Waals surface area contributed by atoms with Crippen molar-refractivity contribution in [3.05, 3.63) is 12.2 Å². The Hall–Kier alpha value is -0.830. The molecule has 3 N–H and O–H groups in total. The van der Waals surface area contributed by atoms with Crippen LogP contribution in [-0.2, 0) is 9.53 Å². The first-order valence-electron chi connectivity index (χ1n) is 3.33. The Bertz CT molecular complexity index is 165. The molecule has 3 nitrogen and oxygen atoms in total. The lowest BCUT2D eigenvalue weighted by atomic mass is 10.1. The number of methoxy groups -OCH3 is 1. The van der Waals surface area contributed by atoms with Crippen molar-refractivity contribution < 1.29 is 15.3 Å². The van der Waals surface area contributed by atoms with E-state index in [9.17, 15) is 4.79 Å². The van der Waals surface area contributed by atoms with E-state index in [1.807, 2.05) is 12.2 Å². The molecule has 0 saturated heterocycles. The first-order valence-corrected chi connectivity index (χ1v) is 3.33. The average molecular weight is 142 g/mol. The highest BCUT2D eigenvalue weighted by Gasteiger charge is 2.24. The van der Waals surface area contributed by atoms with Gasteiger partial charge in [-0.05, 0) is 6.08 Å². The first-order chi connectivity index (χ1) is 4.74. The summed E-state index contributed by atoms with van der Waals surface area (Å²) >= 11 is 0. The number of hydrogen-bond donors (Lipinski definition) is 1. The number of quaternary nitrogens is 1. The third kappa shape index (κ3) is 1.36. The predicted octanol–water partition coefficient (Wildman–Crippen LogP) is -0.654. The van der Waals surface area contributed by atoms with E-state index in [4.69, 9.17) is 0 Å². The van der Waals surface area contributed by atoms with Crippen molar-refractivity contribution in [3.8, 4) is 0 Å². The fourth-order valence-electron chi connectivity index (χ4n) is 1.10. The summed E-state index contributed by atoms with van der Waals surface area (Å²) in [4.78, 5) is 10.9. The molecule has 1 aliphatic carbocycles. The first kappa shape index (κ1) is 7.28. The Morgan fingerprint density at radius 1 is 1.70 bits per heavy atom. The minimum Gasteiger partial charge on any atom is -0.469 e. The maximum Gasteiger partial charge on any atom is 0.312 e. The summed E-state index contributed by atoms with van der Waals surface area (Å²) in [7, 11) is 1.41. The standard InChI is InChI=1S/C7H11NO2/c1-10-7(9)5-2-3-6(8)4-5/h2-3,5-6H,4,8H2,1H3/p+1/t5-,6+/m1/s1. The van der Waals surface area contributed by atoms with Crippen LogP contribution in [0.3, 0.4) is 0 Å². The van der Waals surface area contributed by atoms with Crippen LogP contribution in [0.2, 0.25) is 0 Å². The van der Waals surface area contributed by atoms with Crippen LogP contribution >= 0.6 is 0 Å². The highest BCUT2D eigenvalue weighted by Crippen LogP contribution is 2.15. The summed E-state index contributed by atoms with van der Waals surface area (Å²) in [5.41, 5.74) is 3.81. The minimum absolute atomic E-state index is 0.0486. The van der Waals surface area contributed by atoms with Crippen molar-refractivity contribution in [1.82, 2.24) is 0 Å². The number of hydrogen-bond acceptors (Lipinski definition) is 2. The highest BCUT2D eigenvalue weighted by atomic mass is 16.5. The van der Waals surface area contributed by atoms with E-state index in [0.29, 0.717) is 0 Å². The van der Waals surface area contributed by atoms with E-state index in [1.54, 1.807) is 0 Å². The Kier molecular flexibility index (Phi) is 2.06. The van der Waals surface area contributed by atoms with Gasteiger partial charge in [-0.2, -0.15) is 0 Å². The van der Waals surface area contributed by atoms with E-state index in [1.165, 1.54) is 7.11 Å². The number of esters is 1. The highest BCUT2D eigenvalue weighted by molar-refractivity contribution is 5.74. The lowest BCUT2D eigenvalue weighted by Gasteiger charge is -2.03. The fourth-order valence-corrected chi connectivity index (χ4v) is 1.10. The van der Waals surface area contributed by atoms with Gasteiger partial charge in [0, 0.05) is 6.42 Å². The summed E-state index contributed by atoms with van der Waals surface area (Å²) in [6.45, 7) is 0. The number of rotatable bonds is 1. The Morgan fingerprint density at radius 3 is 2.80 bits per heavy atom. The molecule has 1 aliphatic rings. The van der Waals surface area contributed by atoms with Crippen LogP contribution in [0.15, 0.2) is 12.2 Å². The van der Waals surface area contributed by atoms with Gasteiger partial charge in [0.25, 0.3) is 0 Å². The van der Waals surface area contributed by atoms with E-state index in [0.717, 1.165) is 6.42 Å². The van der Waals surface area contributed by atoms with Gasteiger partial charge in [-0.25, -0.2) is 0 Å². The molecule has 2 atom stereocenters. The molecular formula is C7H12NO2+. The van der Waals surface area contributed by atoms with E-state index in [2.05, 4.69) is 10.5 Å². The van der Waals surface area contributed by atoms with Crippen LogP contribution in [0.4, 0.5) is 0 Å². The van der Waals surface area contributed by atoms with Gasteiger partial charge >= 0.3 is 5.97 Å². The molecule has 0 heterocycles. The van der Waals surface area contributed by atoms with Crippen molar-refractivity contribution in [2.24, 2.45) is 5.92 Å². The quantitative estimate of drug-likeness (QED) is 0.390. The number of carbonyl (C=O) groups is 1. The molecule has 0 saturated carbocycles. The molecule has 56 valence electrons. The van der Waals surface area contributed by atoms with Crippen LogP contribution in [-0.4, -0.2) is 19.1 Å². The molecule has 0 amide bonds. The van der Waals surface area contributed by atoms with Crippen LogP contribution in [0.25, 0.3) is 0 Å². The monoisotopic (exact) mass is 142 g/mol. The zero-order valence-electron chi connectivity index (χ0n) is 6.04. The second kappa shape index (κ2) is 2.84. The van der Waals surface area contributed by atoms with Crippen LogP contribution in [0.1, 0.15) is 6.42 Å². The normalized spacial score (nSPS) is 30.6. The molecule has 3 heteroatoms. The summed E-state index contributed by atoms with van der Waals surface area (Å²) in [5, 5.41) is 0. The van der Waals surface area contributed by atoms with Crippen molar-refractivity contribution in [3.63, 3.8) is 0 Å². The van der Waals surface area contributed by atoms with Gasteiger partial charge in [-0.15, -0.1) is 0 Å². The molecule has 10 heavy (non-hydrogen) atoms. The van der Waals surface area contributed by atoms with Crippen molar-refractivity contribution in [2.45, 2.75) is 12.5 Å². The third-order valence-corrected chi connectivity index (χ3v) is 1.68. The molecule has 0 aliphatic heterocycles. The Morgan fingerprint density at radius 2 is 2.40 bits per heavy atom. The SMILES string of the molecule is COC(=O)[C@@H]1C=C[C@H]([NH3+])C1. The summed E-state index contributed by atoms with van der Waals surface area (Å²) in [6.07, 6.45) is 4.61. The van der Waals surface area contributed by atoms with Gasteiger partial charge in [-0.3, -0.25) is 4.79 Å². The van der Waals surface area contributed by atoms with Crippen LogP contribution in [0.5, 0.6) is 0 Å². The maximum absolute atomic E-state index is 10.9. The molecule has 0 radical (unpaired) electrons. The summed E-state index contributed by atoms with van der Waals surface area (Å²) < 4.78 is 4.56. The summed E-state index contributed by atoms with van der Waals surface area (Å²) in [6, 6.07) is 0.282. The molecular weight excluding hydrogens is 130 g/mol. The molecule has 0 spiro atoms. The average Bonchev–Trinajstić information content (AvgIpc) is 2.34. The molecule has 0 aromatic carbocycles. The second-order valence-corrected chi connectivity index (χ2v) is 2.51.